The van der Waals surface area contributed by atoms with Gasteiger partial charge in [-0.25, -0.2) is 0 Å². The van der Waals surface area contributed by atoms with Crippen molar-refractivity contribution in [2.45, 2.75) is 26.3 Å². The van der Waals surface area contributed by atoms with E-state index < -0.39 is 0 Å². The number of nitrogens with two attached hydrogens (primary N) is 1. The highest BCUT2D eigenvalue weighted by molar-refractivity contribution is 9.10. The molecule has 1 atom stereocenters. The van der Waals surface area contributed by atoms with Crippen molar-refractivity contribution in [2.24, 2.45) is 5.73 Å². The smallest absolute Gasteiger partial charge is 0.125 e. The molecule has 2 aromatic rings. The lowest BCUT2D eigenvalue weighted by Crippen LogP contribution is -2.12. The number of benzene rings is 1. The van der Waals surface area contributed by atoms with Gasteiger partial charge in [0.15, 0.2) is 0 Å². The molecule has 2 rings (SSSR count). The van der Waals surface area contributed by atoms with Gasteiger partial charge in [-0.1, -0.05) is 22.9 Å². The standard InChI is InChI=1S/C15H18BrNO2/c1-4-10-5-6-13(19-10)15(17)11-8-12(16)9(2)7-14(11)18-3/h5-8,15H,4,17H2,1-3H3. The van der Waals surface area contributed by atoms with E-state index >= 15 is 0 Å². The Morgan fingerprint density at radius 3 is 2.68 bits per heavy atom. The highest BCUT2D eigenvalue weighted by Gasteiger charge is 2.18. The molecule has 0 bridgehead atoms. The van der Waals surface area contributed by atoms with Crippen molar-refractivity contribution in [3.63, 3.8) is 0 Å². The van der Waals surface area contributed by atoms with E-state index in [9.17, 15) is 0 Å². The summed E-state index contributed by atoms with van der Waals surface area (Å²) in [4.78, 5) is 0. The van der Waals surface area contributed by atoms with Gasteiger partial charge in [0.1, 0.15) is 17.3 Å². The van der Waals surface area contributed by atoms with Crippen LogP contribution >= 0.6 is 15.9 Å². The minimum atomic E-state index is -0.327. The first kappa shape index (κ1) is 14.2. The number of halogens is 1. The van der Waals surface area contributed by atoms with Crippen LogP contribution < -0.4 is 10.5 Å². The van der Waals surface area contributed by atoms with Crippen LogP contribution in [0.15, 0.2) is 33.2 Å². The monoisotopic (exact) mass is 323 g/mol. The average Bonchev–Trinajstić information content (AvgIpc) is 2.89. The first-order valence-corrected chi connectivity index (χ1v) is 7.04. The molecule has 1 unspecified atom stereocenters. The van der Waals surface area contributed by atoms with Gasteiger partial charge in [0.25, 0.3) is 0 Å². The van der Waals surface area contributed by atoms with E-state index in [4.69, 9.17) is 14.9 Å². The predicted molar refractivity (Wildman–Crippen MR) is 79.5 cm³/mol. The molecule has 1 heterocycles. The Bertz CT molecular complexity index is 578. The van der Waals surface area contributed by atoms with Crippen LogP contribution in [0.25, 0.3) is 0 Å². The number of hydrogen-bond acceptors (Lipinski definition) is 3. The van der Waals surface area contributed by atoms with Crippen molar-refractivity contribution >= 4 is 15.9 Å². The third-order valence-electron chi connectivity index (χ3n) is 3.18. The molecule has 19 heavy (non-hydrogen) atoms. The molecule has 0 amide bonds. The second kappa shape index (κ2) is 5.80. The number of rotatable bonds is 4. The van der Waals surface area contributed by atoms with E-state index in [1.165, 1.54) is 0 Å². The molecule has 0 saturated heterocycles. The zero-order valence-corrected chi connectivity index (χ0v) is 13.0. The Labute approximate surface area is 121 Å². The molecule has 1 aromatic carbocycles. The van der Waals surface area contributed by atoms with Gasteiger partial charge in [0, 0.05) is 16.5 Å². The summed E-state index contributed by atoms with van der Waals surface area (Å²) in [6, 6.07) is 7.53. The molecule has 0 aliphatic heterocycles. The zero-order chi connectivity index (χ0) is 14.0. The van der Waals surface area contributed by atoms with Crippen LogP contribution in [0.5, 0.6) is 5.75 Å². The van der Waals surface area contributed by atoms with Crippen LogP contribution in [0, 0.1) is 6.92 Å². The van der Waals surface area contributed by atoms with Crippen LogP contribution in [0.4, 0.5) is 0 Å². The maximum Gasteiger partial charge on any atom is 0.125 e. The Morgan fingerprint density at radius 1 is 1.37 bits per heavy atom. The summed E-state index contributed by atoms with van der Waals surface area (Å²) in [6.07, 6.45) is 0.863. The summed E-state index contributed by atoms with van der Waals surface area (Å²) in [5.41, 5.74) is 8.31. The minimum Gasteiger partial charge on any atom is -0.496 e. The van der Waals surface area contributed by atoms with Gasteiger partial charge in [-0.3, -0.25) is 0 Å². The molecule has 0 spiro atoms. The molecular weight excluding hydrogens is 306 g/mol. The second-order valence-corrected chi connectivity index (χ2v) is 5.33. The third kappa shape index (κ3) is 2.85. The van der Waals surface area contributed by atoms with Crippen LogP contribution in [-0.2, 0) is 6.42 Å². The summed E-state index contributed by atoms with van der Waals surface area (Å²) >= 11 is 3.53. The van der Waals surface area contributed by atoms with Crippen LogP contribution in [0.3, 0.4) is 0 Å². The number of hydrogen-bond donors (Lipinski definition) is 1. The fraction of sp³-hybridized carbons (Fsp3) is 0.333. The number of ether oxygens (including phenoxy) is 1. The van der Waals surface area contributed by atoms with Gasteiger partial charge in [0.2, 0.25) is 0 Å². The molecule has 102 valence electrons. The molecule has 0 fully saturated rings. The van der Waals surface area contributed by atoms with Gasteiger partial charge in [-0.05, 0) is 36.8 Å². The van der Waals surface area contributed by atoms with Crippen molar-refractivity contribution in [1.82, 2.24) is 0 Å². The van der Waals surface area contributed by atoms with E-state index in [1.54, 1.807) is 7.11 Å². The summed E-state index contributed by atoms with van der Waals surface area (Å²) in [7, 11) is 1.65. The van der Waals surface area contributed by atoms with Crippen molar-refractivity contribution < 1.29 is 9.15 Å². The lowest BCUT2D eigenvalue weighted by Gasteiger charge is -2.15. The Kier molecular flexibility index (Phi) is 4.32. The normalized spacial score (nSPS) is 12.5. The largest absolute Gasteiger partial charge is 0.496 e. The van der Waals surface area contributed by atoms with E-state index in [0.717, 1.165) is 39.3 Å². The first-order chi connectivity index (χ1) is 9.06. The molecule has 0 saturated carbocycles. The molecule has 4 heteroatoms. The van der Waals surface area contributed by atoms with Crippen LogP contribution in [0.2, 0.25) is 0 Å². The molecule has 2 N–H and O–H groups in total. The molecular formula is C15H18BrNO2. The first-order valence-electron chi connectivity index (χ1n) is 6.25. The zero-order valence-electron chi connectivity index (χ0n) is 11.4. The highest BCUT2D eigenvalue weighted by atomic mass is 79.9. The van der Waals surface area contributed by atoms with E-state index in [0.29, 0.717) is 0 Å². The second-order valence-electron chi connectivity index (χ2n) is 4.48. The molecule has 0 radical (unpaired) electrons. The summed E-state index contributed by atoms with van der Waals surface area (Å²) in [5, 5.41) is 0. The predicted octanol–water partition coefficient (Wildman–Crippen LogP) is 3.97. The quantitative estimate of drug-likeness (QED) is 0.926. The highest BCUT2D eigenvalue weighted by Crippen LogP contribution is 2.33. The van der Waals surface area contributed by atoms with Gasteiger partial charge >= 0.3 is 0 Å². The van der Waals surface area contributed by atoms with E-state index in [-0.39, 0.29) is 6.04 Å². The van der Waals surface area contributed by atoms with Crippen LogP contribution in [-0.4, -0.2) is 7.11 Å². The summed E-state index contributed by atoms with van der Waals surface area (Å²) in [5.74, 6) is 2.48. The van der Waals surface area contributed by atoms with Crippen molar-refractivity contribution in [2.75, 3.05) is 7.11 Å². The SMILES string of the molecule is CCc1ccc(C(N)c2cc(Br)c(C)cc2OC)o1. The van der Waals surface area contributed by atoms with Crippen molar-refractivity contribution in [1.29, 1.82) is 0 Å². The average molecular weight is 324 g/mol. The Hall–Kier alpha value is -1.26. The van der Waals surface area contributed by atoms with E-state index in [2.05, 4.69) is 22.9 Å². The summed E-state index contributed by atoms with van der Waals surface area (Å²) in [6.45, 7) is 4.07. The van der Waals surface area contributed by atoms with Gasteiger partial charge in [-0.2, -0.15) is 0 Å². The Morgan fingerprint density at radius 2 is 2.11 bits per heavy atom. The van der Waals surface area contributed by atoms with Crippen LogP contribution in [0.1, 0.15) is 35.6 Å². The number of aryl methyl sites for hydroxylation is 2. The molecule has 0 aliphatic carbocycles. The van der Waals surface area contributed by atoms with Gasteiger partial charge in [0.05, 0.1) is 13.2 Å². The maximum atomic E-state index is 6.29. The number of methoxy groups -OCH3 is 1. The fourth-order valence-electron chi connectivity index (χ4n) is 2.00. The van der Waals surface area contributed by atoms with Crippen molar-refractivity contribution in [3.05, 3.63) is 51.4 Å². The minimum absolute atomic E-state index is 0.327. The molecule has 3 nitrogen and oxygen atoms in total. The maximum absolute atomic E-state index is 6.29. The third-order valence-corrected chi connectivity index (χ3v) is 4.04. The van der Waals surface area contributed by atoms with E-state index in [1.807, 2.05) is 31.2 Å². The molecule has 0 aliphatic rings. The topological polar surface area (TPSA) is 48.4 Å². The fourth-order valence-corrected chi connectivity index (χ4v) is 2.36. The van der Waals surface area contributed by atoms with Crippen molar-refractivity contribution in [3.8, 4) is 5.75 Å². The lowest BCUT2D eigenvalue weighted by atomic mass is 10.0. The van der Waals surface area contributed by atoms with Gasteiger partial charge < -0.3 is 14.9 Å². The number of furan rings is 1. The van der Waals surface area contributed by atoms with Gasteiger partial charge in [-0.15, -0.1) is 0 Å². The molecule has 1 aromatic heterocycles. The summed E-state index contributed by atoms with van der Waals surface area (Å²) < 4.78 is 12.2. The Balaban J connectivity index is 2.42. The lowest BCUT2D eigenvalue weighted by molar-refractivity contribution is 0.400.